The van der Waals surface area contributed by atoms with Crippen molar-refractivity contribution in [1.82, 2.24) is 10.2 Å². The van der Waals surface area contributed by atoms with Gasteiger partial charge in [0, 0.05) is 30.1 Å². The van der Waals surface area contributed by atoms with Crippen LogP contribution in [-0.4, -0.2) is 28.5 Å². The molecule has 1 amide bonds. The van der Waals surface area contributed by atoms with Crippen molar-refractivity contribution in [2.24, 2.45) is 0 Å². The number of nitrogens with one attached hydrogen (secondary N) is 1. The molecule has 0 saturated heterocycles. The van der Waals surface area contributed by atoms with Crippen LogP contribution < -0.4 is 14.8 Å². The molecule has 1 heterocycles. The molecule has 0 aliphatic carbocycles. The van der Waals surface area contributed by atoms with Crippen molar-refractivity contribution in [1.29, 1.82) is 0 Å². The number of rotatable bonds is 17. The van der Waals surface area contributed by atoms with Crippen LogP contribution in [0.3, 0.4) is 0 Å². The Morgan fingerprint density at radius 3 is 1.67 bits per heavy atom. The number of nitrogens with zero attached hydrogens (tertiary/aromatic N) is 1. The molecule has 0 bridgehead atoms. The maximum atomic E-state index is 14.4. The van der Waals surface area contributed by atoms with Gasteiger partial charge in [0.05, 0.1) is 16.7 Å². The van der Waals surface area contributed by atoms with Crippen LogP contribution >= 0.6 is 0 Å². The van der Waals surface area contributed by atoms with Gasteiger partial charge in [-0.1, -0.05) is 140 Å². The molecule has 0 atom stereocenters. The number of carbonyl (C=O) groups is 4. The Morgan fingerprint density at radius 1 is 0.500 bits per heavy atom. The van der Waals surface area contributed by atoms with Crippen molar-refractivity contribution >= 4 is 23.6 Å². The second-order valence-electron chi connectivity index (χ2n) is 15.1. The summed E-state index contributed by atoms with van der Waals surface area (Å²) in [6.45, 7) is 1.01. The predicted molar refractivity (Wildman–Crippen MR) is 250 cm³/mol. The van der Waals surface area contributed by atoms with Crippen LogP contribution in [0.5, 0.6) is 11.5 Å². The van der Waals surface area contributed by atoms with Crippen LogP contribution in [0.4, 0.5) is 0 Å². The predicted octanol–water partition coefficient (Wildman–Crippen LogP) is 10.8. The van der Waals surface area contributed by atoms with Crippen LogP contribution in [0.15, 0.2) is 224 Å². The molecule has 1 aliphatic rings. The van der Waals surface area contributed by atoms with Crippen LogP contribution in [-0.2, 0) is 35.8 Å². The molecule has 10 heteroatoms. The van der Waals surface area contributed by atoms with E-state index in [1.165, 1.54) is 30.3 Å². The molecule has 10 nitrogen and oxygen atoms in total. The molecule has 0 aromatic heterocycles. The Hall–Kier alpha value is -8.76. The largest absolute Gasteiger partial charge is 0.489 e. The number of allylic oxidation sites excluding steroid dienone is 2. The van der Waals surface area contributed by atoms with Gasteiger partial charge >= 0.3 is 11.9 Å². The SMILES string of the molecule is O=C(NC1=CN(Cc2ccccc2)C=CC=C1OC(=O)c1ccc(C(=O)c2c(OCc3ccccc3)cccc2C(=O)OCc2ccccc2)cc1)c1ccc(OCc2ccccc2)cc1. The second kappa shape index (κ2) is 21.5. The van der Waals surface area contributed by atoms with Crippen molar-refractivity contribution in [3.63, 3.8) is 0 Å². The zero-order valence-corrected chi connectivity index (χ0v) is 35.7. The van der Waals surface area contributed by atoms with Crippen LogP contribution in [0.25, 0.3) is 0 Å². The maximum absolute atomic E-state index is 14.4. The third-order valence-electron chi connectivity index (χ3n) is 10.4. The summed E-state index contributed by atoms with van der Waals surface area (Å²) in [5.74, 6) is -1.48. The summed E-state index contributed by atoms with van der Waals surface area (Å²) in [4.78, 5) is 57.4. The van der Waals surface area contributed by atoms with E-state index in [0.717, 1.165) is 22.3 Å². The summed E-state index contributed by atoms with van der Waals surface area (Å²) in [7, 11) is 0. The molecule has 0 radical (unpaired) electrons. The Kier molecular flexibility index (Phi) is 14.3. The lowest BCUT2D eigenvalue weighted by Crippen LogP contribution is -2.27. The fourth-order valence-corrected chi connectivity index (χ4v) is 6.97. The van der Waals surface area contributed by atoms with Gasteiger partial charge in [-0.05, 0) is 82.9 Å². The fraction of sp³-hybridized carbons (Fsp3) is 0.0714. The summed E-state index contributed by atoms with van der Waals surface area (Å²) in [6.07, 6.45) is 6.83. The van der Waals surface area contributed by atoms with Crippen LogP contribution in [0, 0.1) is 0 Å². The first-order valence-corrected chi connectivity index (χ1v) is 21.2. The standard InChI is InChI=1S/C56H44N2O8/c59-53(52-48(56(62)65-39-43-21-11-4-12-22-43)23-13-24-51(52)64-38-42-19-9-3-10-20-42)44-26-28-46(29-27-44)55(61)66-50-25-14-34-58(35-40-15-5-1-6-16-40)36-49(50)57-54(60)45-30-32-47(33-31-45)63-37-41-17-7-2-8-18-41/h1-34,36H,35,37-39H2,(H,57,60). The molecule has 0 fully saturated rings. The van der Waals surface area contributed by atoms with E-state index in [1.54, 1.807) is 54.8 Å². The smallest absolute Gasteiger partial charge is 0.343 e. The number of ether oxygens (including phenoxy) is 4. The quantitative estimate of drug-likeness (QED) is 0.0704. The minimum absolute atomic E-state index is 0.00910. The average molecular weight is 873 g/mol. The van der Waals surface area contributed by atoms with E-state index in [4.69, 9.17) is 18.9 Å². The van der Waals surface area contributed by atoms with Gasteiger partial charge in [-0.25, -0.2) is 9.59 Å². The number of ketones is 1. The van der Waals surface area contributed by atoms with E-state index < -0.39 is 23.6 Å². The Bertz CT molecular complexity index is 2880. The lowest BCUT2D eigenvalue weighted by Gasteiger charge is -2.19. The first kappa shape index (κ1) is 43.9. The lowest BCUT2D eigenvalue weighted by molar-refractivity contribution is 0.0469. The average Bonchev–Trinajstić information content (AvgIpc) is 3.55. The van der Waals surface area contributed by atoms with Crippen LogP contribution in [0.2, 0.25) is 0 Å². The van der Waals surface area contributed by atoms with Crippen molar-refractivity contribution in [3.05, 3.63) is 274 Å². The van der Waals surface area contributed by atoms with Crippen molar-refractivity contribution < 1.29 is 38.1 Å². The monoisotopic (exact) mass is 872 g/mol. The summed E-state index contributed by atoms with van der Waals surface area (Å²) in [5.41, 5.74) is 4.69. The molecule has 0 unspecified atom stereocenters. The van der Waals surface area contributed by atoms with Gasteiger partial charge in [-0.2, -0.15) is 0 Å². The first-order valence-electron chi connectivity index (χ1n) is 21.2. The maximum Gasteiger partial charge on any atom is 0.343 e. The molecule has 66 heavy (non-hydrogen) atoms. The van der Waals surface area contributed by atoms with Crippen molar-refractivity contribution in [2.45, 2.75) is 26.4 Å². The molecule has 0 saturated carbocycles. The third kappa shape index (κ3) is 11.6. The number of hydrogen-bond donors (Lipinski definition) is 1. The highest BCUT2D eigenvalue weighted by Crippen LogP contribution is 2.29. The van der Waals surface area contributed by atoms with Crippen LogP contribution in [0.1, 0.15) is 69.2 Å². The van der Waals surface area contributed by atoms with Gasteiger partial charge in [0.25, 0.3) is 5.91 Å². The zero-order valence-electron chi connectivity index (χ0n) is 35.7. The first-order chi connectivity index (χ1) is 32.4. The highest BCUT2D eigenvalue weighted by atomic mass is 16.5. The normalized spacial score (nSPS) is 11.9. The molecule has 1 N–H and O–H groups in total. The summed E-state index contributed by atoms with van der Waals surface area (Å²) in [5, 5.41) is 2.94. The third-order valence-corrected chi connectivity index (χ3v) is 10.4. The molecule has 326 valence electrons. The Balaban J connectivity index is 0.999. The Morgan fingerprint density at radius 2 is 1.05 bits per heavy atom. The van der Waals surface area contributed by atoms with Crippen molar-refractivity contribution in [2.75, 3.05) is 0 Å². The van der Waals surface area contributed by atoms with E-state index in [0.29, 0.717) is 24.5 Å². The molecular formula is C56H44N2O8. The number of hydrogen-bond acceptors (Lipinski definition) is 9. The molecule has 0 spiro atoms. The summed E-state index contributed by atoms with van der Waals surface area (Å²) < 4.78 is 23.7. The minimum atomic E-state index is -0.734. The molecule has 1 aliphatic heterocycles. The van der Waals surface area contributed by atoms with E-state index >= 15 is 0 Å². The number of esters is 2. The van der Waals surface area contributed by atoms with E-state index in [1.807, 2.05) is 132 Å². The van der Waals surface area contributed by atoms with Gasteiger partial charge in [0.1, 0.15) is 37.0 Å². The van der Waals surface area contributed by atoms with Gasteiger partial charge < -0.3 is 29.2 Å². The number of benzene rings is 7. The minimum Gasteiger partial charge on any atom is -0.489 e. The topological polar surface area (TPSA) is 120 Å². The molecule has 7 aromatic rings. The fourth-order valence-electron chi connectivity index (χ4n) is 6.97. The summed E-state index contributed by atoms with van der Waals surface area (Å²) in [6, 6.07) is 55.8. The highest BCUT2D eigenvalue weighted by molar-refractivity contribution is 6.16. The Labute approximate surface area is 382 Å². The van der Waals surface area contributed by atoms with E-state index in [2.05, 4.69) is 5.32 Å². The second-order valence-corrected chi connectivity index (χ2v) is 15.1. The van der Waals surface area contributed by atoms with E-state index in [9.17, 15) is 19.2 Å². The highest BCUT2D eigenvalue weighted by Gasteiger charge is 2.26. The number of amides is 1. The van der Waals surface area contributed by atoms with E-state index in [-0.39, 0.29) is 52.7 Å². The zero-order chi connectivity index (χ0) is 45.5. The van der Waals surface area contributed by atoms with Crippen molar-refractivity contribution in [3.8, 4) is 11.5 Å². The van der Waals surface area contributed by atoms with Gasteiger partial charge in [0.15, 0.2) is 11.5 Å². The lowest BCUT2D eigenvalue weighted by atomic mass is 9.96. The molecule has 8 rings (SSSR count). The number of carbonyl (C=O) groups excluding carboxylic acids is 4. The van der Waals surface area contributed by atoms with Gasteiger partial charge in [-0.3, -0.25) is 9.59 Å². The summed E-state index contributed by atoms with van der Waals surface area (Å²) >= 11 is 0. The molecular weight excluding hydrogens is 829 g/mol. The molecule has 7 aromatic carbocycles. The van der Waals surface area contributed by atoms with Gasteiger partial charge in [0.2, 0.25) is 0 Å². The van der Waals surface area contributed by atoms with Gasteiger partial charge in [-0.15, -0.1) is 0 Å².